The normalized spacial score (nSPS) is 10.5. The van der Waals surface area contributed by atoms with Crippen LogP contribution in [0.15, 0.2) is 36.4 Å². The number of carbonyl (C=O) groups is 1. The minimum atomic E-state index is 0.352. The average molecular weight is 311 g/mol. The second kappa shape index (κ2) is 5.96. The molecule has 0 saturated carbocycles. The van der Waals surface area contributed by atoms with E-state index >= 15 is 0 Å². The predicted octanol–water partition coefficient (Wildman–Crippen LogP) is 3.08. The van der Waals surface area contributed by atoms with Gasteiger partial charge < -0.3 is 4.79 Å². The van der Waals surface area contributed by atoms with E-state index in [1.165, 1.54) is 0 Å². The van der Waals surface area contributed by atoms with Gasteiger partial charge in [-0.3, -0.25) is 0 Å². The molecular weight excluding hydrogens is 300 g/mol. The molecule has 1 heterocycles. The number of hydrogen-bond donors (Lipinski definition) is 0. The van der Waals surface area contributed by atoms with Crippen LogP contribution in [0.3, 0.4) is 0 Å². The number of nitriles is 1. The number of carbonyl (C=O) groups excluding carboxylic acids is 1. The largest absolute Gasteiger partial charge is 0.303 e. The van der Waals surface area contributed by atoms with E-state index in [1.807, 2.05) is 24.3 Å². The van der Waals surface area contributed by atoms with Crippen molar-refractivity contribution >= 4 is 28.9 Å². The number of benzene rings is 2. The van der Waals surface area contributed by atoms with Gasteiger partial charge in [0, 0.05) is 11.4 Å². The number of halogens is 1. The molecule has 0 bridgehead atoms. The van der Waals surface area contributed by atoms with Crippen LogP contribution in [-0.2, 0) is 11.2 Å². The molecule has 0 aliphatic carbocycles. The Morgan fingerprint density at radius 1 is 1.32 bits per heavy atom. The van der Waals surface area contributed by atoms with Crippen molar-refractivity contribution in [3.8, 4) is 11.8 Å². The summed E-state index contributed by atoms with van der Waals surface area (Å²) in [6, 6.07) is 12.9. The SMILES string of the molecule is N#Cc1cc(Cl)c(CCC=O)c(-n2nnc3ccccc32)c1. The lowest BCUT2D eigenvalue weighted by molar-refractivity contribution is -0.107. The second-order valence-electron chi connectivity index (χ2n) is 4.76. The zero-order valence-corrected chi connectivity index (χ0v) is 12.3. The smallest absolute Gasteiger partial charge is 0.120 e. The monoisotopic (exact) mass is 310 g/mol. The summed E-state index contributed by atoms with van der Waals surface area (Å²) in [7, 11) is 0. The Hall–Kier alpha value is -2.71. The molecule has 3 rings (SSSR count). The predicted molar refractivity (Wildman–Crippen MR) is 83.0 cm³/mol. The van der Waals surface area contributed by atoms with Crippen LogP contribution in [-0.4, -0.2) is 21.3 Å². The van der Waals surface area contributed by atoms with Gasteiger partial charge in [-0.2, -0.15) is 5.26 Å². The first-order valence-electron chi connectivity index (χ1n) is 6.71. The molecule has 3 aromatic rings. The fraction of sp³-hybridized carbons (Fsp3) is 0.125. The molecule has 0 fully saturated rings. The van der Waals surface area contributed by atoms with Gasteiger partial charge in [-0.25, -0.2) is 4.68 Å². The third kappa shape index (κ3) is 2.45. The van der Waals surface area contributed by atoms with E-state index in [2.05, 4.69) is 16.4 Å². The Kier molecular flexibility index (Phi) is 3.86. The lowest BCUT2D eigenvalue weighted by atomic mass is 10.0. The maximum atomic E-state index is 10.7. The number of nitrogens with zero attached hydrogens (tertiary/aromatic N) is 4. The quantitative estimate of drug-likeness (QED) is 0.694. The van der Waals surface area contributed by atoms with E-state index in [9.17, 15) is 4.79 Å². The second-order valence-corrected chi connectivity index (χ2v) is 5.17. The van der Waals surface area contributed by atoms with Crippen LogP contribution >= 0.6 is 11.6 Å². The molecule has 0 unspecified atom stereocenters. The highest BCUT2D eigenvalue weighted by Crippen LogP contribution is 2.28. The zero-order chi connectivity index (χ0) is 15.5. The molecule has 108 valence electrons. The fourth-order valence-electron chi connectivity index (χ4n) is 2.37. The van der Waals surface area contributed by atoms with Crippen LogP contribution < -0.4 is 0 Å². The van der Waals surface area contributed by atoms with Gasteiger partial charge >= 0.3 is 0 Å². The summed E-state index contributed by atoms with van der Waals surface area (Å²) in [6.45, 7) is 0. The Bertz CT molecular complexity index is 895. The summed E-state index contributed by atoms with van der Waals surface area (Å²) in [4.78, 5) is 10.7. The van der Waals surface area contributed by atoms with Gasteiger partial charge in [-0.1, -0.05) is 28.9 Å². The van der Waals surface area contributed by atoms with Gasteiger partial charge in [-0.05, 0) is 36.2 Å². The number of fused-ring (bicyclic) bond motifs is 1. The van der Waals surface area contributed by atoms with Crippen LogP contribution in [0.1, 0.15) is 17.5 Å². The maximum absolute atomic E-state index is 10.7. The molecule has 0 amide bonds. The van der Waals surface area contributed by atoms with Gasteiger partial charge in [0.15, 0.2) is 0 Å². The summed E-state index contributed by atoms with van der Waals surface area (Å²) >= 11 is 6.29. The summed E-state index contributed by atoms with van der Waals surface area (Å²) in [5.41, 5.74) is 3.47. The molecule has 6 heteroatoms. The van der Waals surface area contributed by atoms with Gasteiger partial charge in [0.05, 0.1) is 22.8 Å². The first kappa shape index (κ1) is 14.2. The van der Waals surface area contributed by atoms with Gasteiger partial charge in [0.1, 0.15) is 11.8 Å². The van der Waals surface area contributed by atoms with Crippen molar-refractivity contribution in [1.82, 2.24) is 15.0 Å². The van der Waals surface area contributed by atoms with E-state index in [0.717, 1.165) is 22.9 Å². The van der Waals surface area contributed by atoms with E-state index in [4.69, 9.17) is 16.9 Å². The number of aromatic nitrogens is 3. The van der Waals surface area contributed by atoms with Crippen molar-refractivity contribution in [3.05, 3.63) is 52.5 Å². The third-order valence-corrected chi connectivity index (χ3v) is 3.73. The number of aldehydes is 1. The van der Waals surface area contributed by atoms with Crippen LogP contribution in [0.25, 0.3) is 16.7 Å². The number of para-hydroxylation sites is 1. The molecule has 22 heavy (non-hydrogen) atoms. The molecule has 1 aromatic heterocycles. The standard InChI is InChI=1S/C16H11ClN4O/c17-13-8-11(10-18)9-16(12(13)4-3-7-22)21-15-6-2-1-5-14(15)19-20-21/h1-2,5-9H,3-4H2. The van der Waals surface area contributed by atoms with E-state index in [1.54, 1.807) is 16.8 Å². The van der Waals surface area contributed by atoms with Gasteiger partial charge in [0.2, 0.25) is 0 Å². The lowest BCUT2D eigenvalue weighted by Gasteiger charge is -2.11. The summed E-state index contributed by atoms with van der Waals surface area (Å²) < 4.78 is 1.65. The third-order valence-electron chi connectivity index (χ3n) is 3.39. The molecule has 0 atom stereocenters. The molecular formula is C16H11ClN4O. The van der Waals surface area contributed by atoms with Crippen molar-refractivity contribution < 1.29 is 4.79 Å². The molecule has 0 saturated heterocycles. The molecule has 0 N–H and O–H groups in total. The first-order chi connectivity index (χ1) is 10.7. The number of hydrogen-bond acceptors (Lipinski definition) is 4. The van der Waals surface area contributed by atoms with Crippen molar-refractivity contribution in [2.45, 2.75) is 12.8 Å². The highest BCUT2D eigenvalue weighted by Gasteiger charge is 2.15. The zero-order valence-electron chi connectivity index (χ0n) is 11.5. The average Bonchev–Trinajstić information content (AvgIpc) is 2.97. The summed E-state index contributed by atoms with van der Waals surface area (Å²) in [5, 5.41) is 17.9. The number of rotatable bonds is 4. The van der Waals surface area contributed by atoms with Gasteiger partial charge in [0.25, 0.3) is 0 Å². The first-order valence-corrected chi connectivity index (χ1v) is 7.09. The fourth-order valence-corrected chi connectivity index (χ4v) is 2.68. The Balaban J connectivity index is 2.26. The van der Waals surface area contributed by atoms with Crippen LogP contribution in [0.5, 0.6) is 0 Å². The highest BCUT2D eigenvalue weighted by molar-refractivity contribution is 6.31. The van der Waals surface area contributed by atoms with Crippen LogP contribution in [0.2, 0.25) is 5.02 Å². The van der Waals surface area contributed by atoms with E-state index in [-0.39, 0.29) is 0 Å². The van der Waals surface area contributed by atoms with Crippen molar-refractivity contribution in [2.75, 3.05) is 0 Å². The Morgan fingerprint density at radius 2 is 2.14 bits per heavy atom. The molecule has 0 radical (unpaired) electrons. The summed E-state index contributed by atoms with van der Waals surface area (Å²) in [5.74, 6) is 0. The molecule has 0 spiro atoms. The van der Waals surface area contributed by atoms with Crippen molar-refractivity contribution in [3.63, 3.8) is 0 Å². The van der Waals surface area contributed by atoms with E-state index in [0.29, 0.717) is 29.1 Å². The minimum Gasteiger partial charge on any atom is -0.303 e. The van der Waals surface area contributed by atoms with Gasteiger partial charge in [-0.15, -0.1) is 5.10 Å². The highest BCUT2D eigenvalue weighted by atomic mass is 35.5. The van der Waals surface area contributed by atoms with Crippen LogP contribution in [0, 0.1) is 11.3 Å². The van der Waals surface area contributed by atoms with Crippen LogP contribution in [0.4, 0.5) is 0 Å². The summed E-state index contributed by atoms with van der Waals surface area (Å²) in [6.07, 6.45) is 1.68. The minimum absolute atomic E-state index is 0.352. The lowest BCUT2D eigenvalue weighted by Crippen LogP contribution is -2.04. The van der Waals surface area contributed by atoms with E-state index < -0.39 is 0 Å². The maximum Gasteiger partial charge on any atom is 0.120 e. The Morgan fingerprint density at radius 3 is 2.91 bits per heavy atom. The molecule has 5 nitrogen and oxygen atoms in total. The molecule has 0 aliphatic heterocycles. The molecule has 0 aliphatic rings. The molecule has 2 aromatic carbocycles. The Labute approximate surface area is 131 Å². The van der Waals surface area contributed by atoms with Crippen molar-refractivity contribution in [1.29, 1.82) is 5.26 Å². The van der Waals surface area contributed by atoms with Crippen molar-refractivity contribution in [2.24, 2.45) is 0 Å². The topological polar surface area (TPSA) is 71.6 Å².